The number of rotatable bonds is 6. The van der Waals surface area contributed by atoms with Crippen LogP contribution >= 0.6 is 0 Å². The SMILES string of the molecule is O=C(NC(COc1ccccc1F)c1ccccc1)c1cccc2cn[nH]c12. The third kappa shape index (κ3) is 3.71. The highest BCUT2D eigenvalue weighted by molar-refractivity contribution is 6.05. The van der Waals surface area contributed by atoms with Crippen molar-refractivity contribution in [3.05, 3.63) is 95.9 Å². The number of halogens is 1. The molecule has 1 aromatic heterocycles. The predicted molar refractivity (Wildman–Crippen MR) is 105 cm³/mol. The summed E-state index contributed by atoms with van der Waals surface area (Å²) in [5.41, 5.74) is 2.02. The minimum Gasteiger partial charge on any atom is -0.488 e. The molecule has 3 aromatic carbocycles. The maximum Gasteiger partial charge on any atom is 0.254 e. The smallest absolute Gasteiger partial charge is 0.254 e. The van der Waals surface area contributed by atoms with Gasteiger partial charge < -0.3 is 10.1 Å². The fourth-order valence-corrected chi connectivity index (χ4v) is 3.04. The molecule has 5 nitrogen and oxygen atoms in total. The molecule has 0 saturated carbocycles. The summed E-state index contributed by atoms with van der Waals surface area (Å²) in [6, 6.07) is 20.6. The molecule has 1 amide bonds. The van der Waals surface area contributed by atoms with Crippen LogP contribution in [0.4, 0.5) is 4.39 Å². The van der Waals surface area contributed by atoms with Gasteiger partial charge in [-0.05, 0) is 23.8 Å². The maximum absolute atomic E-state index is 13.9. The van der Waals surface area contributed by atoms with Gasteiger partial charge in [-0.1, -0.05) is 54.6 Å². The van der Waals surface area contributed by atoms with Crippen molar-refractivity contribution >= 4 is 16.8 Å². The molecule has 4 rings (SSSR count). The molecule has 140 valence electrons. The van der Waals surface area contributed by atoms with Crippen LogP contribution in [-0.4, -0.2) is 22.7 Å². The van der Waals surface area contributed by atoms with Crippen LogP contribution in [-0.2, 0) is 0 Å². The van der Waals surface area contributed by atoms with Crippen LogP contribution in [0.1, 0.15) is 22.0 Å². The second-order valence-corrected chi connectivity index (χ2v) is 6.32. The number of amides is 1. The van der Waals surface area contributed by atoms with E-state index in [2.05, 4.69) is 15.5 Å². The van der Waals surface area contributed by atoms with E-state index in [-0.39, 0.29) is 18.3 Å². The van der Waals surface area contributed by atoms with Gasteiger partial charge in [0.2, 0.25) is 0 Å². The zero-order chi connectivity index (χ0) is 19.3. The van der Waals surface area contributed by atoms with Gasteiger partial charge in [0, 0.05) is 5.39 Å². The van der Waals surface area contributed by atoms with Gasteiger partial charge in [-0.3, -0.25) is 9.89 Å². The number of carbonyl (C=O) groups is 1. The van der Waals surface area contributed by atoms with Crippen molar-refractivity contribution in [2.75, 3.05) is 6.61 Å². The zero-order valence-electron chi connectivity index (χ0n) is 14.9. The Labute approximate surface area is 161 Å². The molecule has 1 atom stereocenters. The number of ether oxygens (including phenoxy) is 1. The van der Waals surface area contributed by atoms with Crippen LogP contribution in [0.25, 0.3) is 10.9 Å². The average Bonchev–Trinajstić information content (AvgIpc) is 3.21. The van der Waals surface area contributed by atoms with Gasteiger partial charge in [0.1, 0.15) is 6.61 Å². The molecule has 0 radical (unpaired) electrons. The topological polar surface area (TPSA) is 67.0 Å². The van der Waals surface area contributed by atoms with Crippen molar-refractivity contribution in [3.8, 4) is 5.75 Å². The molecule has 2 N–H and O–H groups in total. The second kappa shape index (κ2) is 7.92. The lowest BCUT2D eigenvalue weighted by Gasteiger charge is -2.20. The Kier molecular flexibility index (Phi) is 5.01. The van der Waals surface area contributed by atoms with E-state index in [9.17, 15) is 9.18 Å². The molecule has 0 aliphatic heterocycles. The highest BCUT2D eigenvalue weighted by Crippen LogP contribution is 2.21. The van der Waals surface area contributed by atoms with Crippen LogP contribution in [0.3, 0.4) is 0 Å². The van der Waals surface area contributed by atoms with Gasteiger partial charge in [-0.25, -0.2) is 4.39 Å². The van der Waals surface area contributed by atoms with E-state index in [1.165, 1.54) is 6.07 Å². The van der Waals surface area contributed by atoms with Crippen molar-refractivity contribution < 1.29 is 13.9 Å². The lowest BCUT2D eigenvalue weighted by atomic mass is 10.1. The molecule has 1 unspecified atom stereocenters. The van der Waals surface area contributed by atoms with E-state index < -0.39 is 11.9 Å². The average molecular weight is 375 g/mol. The molecule has 0 spiro atoms. The van der Waals surface area contributed by atoms with Crippen LogP contribution in [0.2, 0.25) is 0 Å². The number of aromatic nitrogens is 2. The van der Waals surface area contributed by atoms with Crippen LogP contribution in [0.15, 0.2) is 79.0 Å². The molecule has 0 aliphatic carbocycles. The molecular weight excluding hydrogens is 357 g/mol. The lowest BCUT2D eigenvalue weighted by molar-refractivity contribution is 0.0922. The number of hydrogen-bond acceptors (Lipinski definition) is 3. The van der Waals surface area contributed by atoms with E-state index in [1.54, 1.807) is 36.5 Å². The standard InChI is InChI=1S/C22H18FN3O2/c23-18-11-4-5-12-20(18)28-14-19(15-7-2-1-3-8-15)25-22(27)17-10-6-9-16-13-24-26-21(16)17/h1-13,19H,14H2,(H,24,26)(H,25,27). The van der Waals surface area contributed by atoms with Crippen molar-refractivity contribution in [3.63, 3.8) is 0 Å². The molecule has 1 heterocycles. The van der Waals surface area contributed by atoms with Gasteiger partial charge in [0.05, 0.1) is 23.3 Å². The fraction of sp³-hybridized carbons (Fsp3) is 0.0909. The predicted octanol–water partition coefficient (Wildman–Crippen LogP) is 4.25. The summed E-state index contributed by atoms with van der Waals surface area (Å²) in [4.78, 5) is 12.9. The number of para-hydroxylation sites is 2. The van der Waals surface area contributed by atoms with E-state index in [4.69, 9.17) is 4.74 Å². The first kappa shape index (κ1) is 17.7. The summed E-state index contributed by atoms with van der Waals surface area (Å²) in [6.45, 7) is 0.0929. The minimum absolute atomic E-state index is 0.0929. The van der Waals surface area contributed by atoms with Gasteiger partial charge in [0.15, 0.2) is 11.6 Å². The minimum atomic E-state index is -0.452. The molecule has 0 fully saturated rings. The van der Waals surface area contributed by atoms with Crippen molar-refractivity contribution in [2.45, 2.75) is 6.04 Å². The third-order valence-electron chi connectivity index (χ3n) is 4.47. The lowest BCUT2D eigenvalue weighted by Crippen LogP contribution is -2.32. The number of hydrogen-bond donors (Lipinski definition) is 2. The van der Waals surface area contributed by atoms with E-state index >= 15 is 0 Å². The van der Waals surface area contributed by atoms with Gasteiger partial charge in [-0.15, -0.1) is 0 Å². The fourth-order valence-electron chi connectivity index (χ4n) is 3.04. The van der Waals surface area contributed by atoms with E-state index in [1.807, 2.05) is 36.4 Å². The van der Waals surface area contributed by atoms with E-state index in [0.29, 0.717) is 11.1 Å². The Bertz CT molecular complexity index is 1100. The molecular formula is C22H18FN3O2. The maximum atomic E-state index is 13.9. The number of aromatic amines is 1. The Morgan fingerprint density at radius 3 is 2.64 bits per heavy atom. The monoisotopic (exact) mass is 375 g/mol. The zero-order valence-corrected chi connectivity index (χ0v) is 14.9. The molecule has 28 heavy (non-hydrogen) atoms. The number of H-pyrrole nitrogens is 1. The van der Waals surface area contributed by atoms with Crippen molar-refractivity contribution in [1.82, 2.24) is 15.5 Å². The molecule has 4 aromatic rings. The Hall–Kier alpha value is -3.67. The summed E-state index contributed by atoms with van der Waals surface area (Å²) in [5.74, 6) is -0.558. The normalized spacial score (nSPS) is 11.9. The van der Waals surface area contributed by atoms with Gasteiger partial charge >= 0.3 is 0 Å². The largest absolute Gasteiger partial charge is 0.488 e. The first-order chi connectivity index (χ1) is 13.7. The highest BCUT2D eigenvalue weighted by Gasteiger charge is 2.19. The molecule has 6 heteroatoms. The number of nitrogens with zero attached hydrogens (tertiary/aromatic N) is 1. The number of carbonyl (C=O) groups excluding carboxylic acids is 1. The first-order valence-corrected chi connectivity index (χ1v) is 8.87. The molecule has 0 bridgehead atoms. The summed E-state index contributed by atoms with van der Waals surface area (Å²) in [6.07, 6.45) is 1.67. The third-order valence-corrected chi connectivity index (χ3v) is 4.47. The van der Waals surface area contributed by atoms with Crippen LogP contribution < -0.4 is 10.1 Å². The van der Waals surface area contributed by atoms with Crippen LogP contribution in [0, 0.1) is 5.82 Å². The number of nitrogens with one attached hydrogen (secondary N) is 2. The Morgan fingerprint density at radius 1 is 1.04 bits per heavy atom. The second-order valence-electron chi connectivity index (χ2n) is 6.32. The molecule has 0 saturated heterocycles. The number of benzene rings is 3. The van der Waals surface area contributed by atoms with Gasteiger partial charge in [0.25, 0.3) is 5.91 Å². The summed E-state index contributed by atoms with van der Waals surface area (Å²) in [7, 11) is 0. The quantitative estimate of drug-likeness (QED) is 0.529. The summed E-state index contributed by atoms with van der Waals surface area (Å²) >= 11 is 0. The van der Waals surface area contributed by atoms with Gasteiger partial charge in [-0.2, -0.15) is 5.10 Å². The van der Waals surface area contributed by atoms with Crippen molar-refractivity contribution in [1.29, 1.82) is 0 Å². The highest BCUT2D eigenvalue weighted by atomic mass is 19.1. The van der Waals surface area contributed by atoms with E-state index in [0.717, 1.165) is 10.9 Å². The first-order valence-electron chi connectivity index (χ1n) is 8.87. The molecule has 0 aliphatic rings. The Balaban J connectivity index is 1.58. The summed E-state index contributed by atoms with van der Waals surface area (Å²) in [5, 5.41) is 10.7. The Morgan fingerprint density at radius 2 is 1.82 bits per heavy atom. The number of fused-ring (bicyclic) bond motifs is 1. The van der Waals surface area contributed by atoms with Crippen molar-refractivity contribution in [2.24, 2.45) is 0 Å². The van der Waals surface area contributed by atoms with Crippen LogP contribution in [0.5, 0.6) is 5.75 Å². The summed E-state index contributed by atoms with van der Waals surface area (Å²) < 4.78 is 19.5.